The molecule has 0 aliphatic carbocycles. The third-order valence-corrected chi connectivity index (χ3v) is 12.3. The molecule has 4 fully saturated rings. The largest absolute Gasteiger partial charge is 0.493 e. The number of rotatable bonds is 14. The molecule has 4 aromatic carbocycles. The van der Waals surface area contributed by atoms with Crippen LogP contribution in [0.4, 0.5) is 48.1 Å². The molecule has 2 N–H and O–H groups in total. The minimum Gasteiger partial charge on any atom is -0.493 e. The Kier molecular flexibility index (Phi) is 14.6. The van der Waals surface area contributed by atoms with Gasteiger partial charge in [-0.2, -0.15) is 13.2 Å². The number of nitrogens with zero attached hydrogens (tertiary/aromatic N) is 2. The number of carbonyl (C=O) groups is 6. The number of hydrogen-bond donors (Lipinski definition) is 2. The lowest BCUT2D eigenvalue weighted by atomic mass is 10.1. The van der Waals surface area contributed by atoms with Crippen LogP contribution in [-0.4, -0.2) is 83.5 Å². The van der Waals surface area contributed by atoms with Gasteiger partial charge in [-0.15, -0.1) is 0 Å². The summed E-state index contributed by atoms with van der Waals surface area (Å²) < 4.78 is 74.2. The maximum Gasteiger partial charge on any atom is 0.416 e. The molecule has 21 heteroatoms. The number of carbonyl (C=O) groups excluding carboxylic acids is 6. The van der Waals surface area contributed by atoms with Crippen LogP contribution in [0.1, 0.15) is 29.5 Å². The number of benzene rings is 4. The van der Waals surface area contributed by atoms with Crippen molar-refractivity contribution in [3.63, 3.8) is 0 Å². The summed E-state index contributed by atoms with van der Waals surface area (Å²) in [6.07, 6.45) is -4.79. The summed E-state index contributed by atoms with van der Waals surface area (Å²) >= 11 is 7.73. The van der Waals surface area contributed by atoms with Gasteiger partial charge in [0.05, 0.1) is 48.1 Å². The van der Waals surface area contributed by atoms with Crippen LogP contribution in [0.5, 0.6) is 11.5 Å². The Balaban J connectivity index is 0.000000192. The Morgan fingerprint density at radius 2 is 1.12 bits per heavy atom. The molecule has 14 nitrogen and oxygen atoms in total. The smallest absolute Gasteiger partial charge is 0.416 e. The average molecular weight is 945 g/mol. The van der Waals surface area contributed by atoms with E-state index >= 15 is 0 Å². The maximum absolute atomic E-state index is 14.1. The lowest BCUT2D eigenvalue weighted by Crippen LogP contribution is -2.25. The first-order chi connectivity index (χ1) is 30.6. The summed E-state index contributed by atoms with van der Waals surface area (Å²) in [7, 11) is 0. The van der Waals surface area contributed by atoms with Crippen molar-refractivity contribution in [2.24, 2.45) is 0 Å². The van der Waals surface area contributed by atoms with Crippen molar-refractivity contribution in [1.82, 2.24) is 10.6 Å². The van der Waals surface area contributed by atoms with Crippen molar-refractivity contribution in [2.75, 3.05) is 36.1 Å². The van der Waals surface area contributed by atoms with Crippen LogP contribution in [0.25, 0.3) is 0 Å². The van der Waals surface area contributed by atoms with Gasteiger partial charge < -0.3 is 18.9 Å². The number of ether oxygens (including phenoxy) is 4. The summed E-state index contributed by atoms with van der Waals surface area (Å²) in [5.74, 6) is 0.0885. The van der Waals surface area contributed by atoms with E-state index in [1.54, 1.807) is 24.3 Å². The van der Waals surface area contributed by atoms with Gasteiger partial charge in [-0.1, -0.05) is 59.4 Å². The molecule has 4 saturated heterocycles. The van der Waals surface area contributed by atoms with Crippen LogP contribution in [0.15, 0.2) is 91.0 Å². The zero-order valence-corrected chi connectivity index (χ0v) is 35.7. The van der Waals surface area contributed by atoms with E-state index in [4.69, 9.17) is 30.5 Å². The molecule has 6 amide bonds. The Labute approximate surface area is 376 Å². The molecule has 4 aliphatic rings. The molecule has 4 aromatic rings. The van der Waals surface area contributed by atoms with Gasteiger partial charge in [0, 0.05) is 23.6 Å². The molecule has 0 saturated carbocycles. The average Bonchev–Trinajstić information content (AvgIpc) is 3.99. The molecule has 0 bridgehead atoms. The highest BCUT2D eigenvalue weighted by Crippen LogP contribution is 2.33. The highest BCUT2D eigenvalue weighted by Gasteiger charge is 2.36. The quantitative estimate of drug-likeness (QED) is 0.116. The van der Waals surface area contributed by atoms with Crippen LogP contribution < -0.4 is 29.9 Å². The zero-order chi connectivity index (χ0) is 45.5. The summed E-state index contributed by atoms with van der Waals surface area (Å²) in [6.45, 7) is 1.02. The Bertz CT molecular complexity index is 2400. The van der Waals surface area contributed by atoms with Crippen molar-refractivity contribution < 1.29 is 65.3 Å². The highest BCUT2D eigenvalue weighted by molar-refractivity contribution is 8.15. The third kappa shape index (κ3) is 12.0. The van der Waals surface area contributed by atoms with E-state index in [1.807, 2.05) is 24.3 Å². The lowest BCUT2D eigenvalue weighted by molar-refractivity contribution is -0.137. The van der Waals surface area contributed by atoms with Crippen molar-refractivity contribution in [3.8, 4) is 11.5 Å². The van der Waals surface area contributed by atoms with E-state index in [-0.39, 0.29) is 52.7 Å². The number of cyclic esters (lactones) is 2. The maximum atomic E-state index is 14.1. The fourth-order valence-corrected chi connectivity index (χ4v) is 8.70. The molecule has 4 atom stereocenters. The molecule has 4 unspecified atom stereocenters. The summed E-state index contributed by atoms with van der Waals surface area (Å²) in [5.41, 5.74) is 1.49. The second kappa shape index (κ2) is 20.2. The Morgan fingerprint density at radius 1 is 0.656 bits per heavy atom. The van der Waals surface area contributed by atoms with Crippen LogP contribution in [0.3, 0.4) is 0 Å². The second-order valence-electron chi connectivity index (χ2n) is 14.6. The minimum absolute atomic E-state index is 0.129. The van der Waals surface area contributed by atoms with Gasteiger partial charge in [-0.3, -0.25) is 39.6 Å². The number of anilines is 2. The summed E-state index contributed by atoms with van der Waals surface area (Å²) in [6, 6.07) is 22.8. The van der Waals surface area contributed by atoms with E-state index in [9.17, 15) is 46.3 Å². The van der Waals surface area contributed by atoms with Gasteiger partial charge in [-0.25, -0.2) is 14.0 Å². The molecule has 0 aromatic heterocycles. The molecule has 0 radical (unpaired) electrons. The van der Waals surface area contributed by atoms with Crippen molar-refractivity contribution >= 4 is 81.0 Å². The number of amides is 6. The first-order valence-corrected chi connectivity index (χ1v) is 21.8. The normalized spacial score (nSPS) is 20.7. The molecule has 8 rings (SSSR count). The lowest BCUT2D eigenvalue weighted by Gasteiger charge is -2.14. The highest BCUT2D eigenvalue weighted by atomic mass is 35.5. The molecular formula is C43H37ClF4N4O10S2. The second-order valence-corrected chi connectivity index (χ2v) is 17.4. The van der Waals surface area contributed by atoms with E-state index in [0.29, 0.717) is 49.5 Å². The molecule has 336 valence electrons. The van der Waals surface area contributed by atoms with Gasteiger partial charge in [0.25, 0.3) is 10.5 Å². The van der Waals surface area contributed by atoms with Crippen molar-refractivity contribution in [1.29, 1.82) is 0 Å². The number of hydrogen-bond acceptors (Lipinski definition) is 12. The van der Waals surface area contributed by atoms with E-state index < -0.39 is 52.5 Å². The predicted octanol–water partition coefficient (Wildman–Crippen LogP) is 8.56. The van der Waals surface area contributed by atoms with Gasteiger partial charge in [0.15, 0.2) is 0 Å². The van der Waals surface area contributed by atoms with Crippen LogP contribution >= 0.6 is 35.1 Å². The third-order valence-electron chi connectivity index (χ3n) is 10.1. The van der Waals surface area contributed by atoms with E-state index in [1.165, 1.54) is 34.1 Å². The van der Waals surface area contributed by atoms with Crippen molar-refractivity contribution in [2.45, 2.75) is 54.6 Å². The van der Waals surface area contributed by atoms with Crippen molar-refractivity contribution in [3.05, 3.63) is 119 Å². The Morgan fingerprint density at radius 3 is 1.56 bits per heavy atom. The molecule has 0 spiro atoms. The minimum atomic E-state index is -4.44. The number of nitrogens with one attached hydrogen (secondary N) is 2. The SMILES string of the molecule is O=C1NC(=O)C(Cc2ccc(OCCC3CN(c4ccc(C(F)(F)F)cc4)C(=O)O3)cc2)S1.O=C1NC(=O)C(Cc2ccc(OCCC3CN(c4ccc(Cl)cc4F)C(=O)O3)cc2)S1. The molecule has 64 heavy (non-hydrogen) atoms. The molecule has 4 aliphatic heterocycles. The first-order valence-electron chi connectivity index (χ1n) is 19.6. The predicted molar refractivity (Wildman–Crippen MR) is 228 cm³/mol. The number of imide groups is 2. The Hall–Kier alpha value is -5.99. The monoisotopic (exact) mass is 944 g/mol. The molecule has 4 heterocycles. The summed E-state index contributed by atoms with van der Waals surface area (Å²) in [5, 5.41) is 3.27. The molecular weight excluding hydrogens is 908 g/mol. The van der Waals surface area contributed by atoms with E-state index in [2.05, 4.69) is 10.6 Å². The van der Waals surface area contributed by atoms with Crippen LogP contribution in [0.2, 0.25) is 5.02 Å². The van der Waals surface area contributed by atoms with E-state index in [0.717, 1.165) is 52.8 Å². The zero-order valence-electron chi connectivity index (χ0n) is 33.3. The fourth-order valence-electron chi connectivity index (χ4n) is 6.83. The van der Waals surface area contributed by atoms with Crippen LogP contribution in [-0.2, 0) is 38.1 Å². The fraction of sp³-hybridized carbons (Fsp3) is 0.302. The first kappa shape index (κ1) is 46.0. The van der Waals surface area contributed by atoms with Gasteiger partial charge in [0.2, 0.25) is 11.8 Å². The number of halogens is 5. The van der Waals surface area contributed by atoms with Gasteiger partial charge in [-0.05, 0) is 90.7 Å². The van der Waals surface area contributed by atoms with Gasteiger partial charge >= 0.3 is 18.4 Å². The number of thioether (sulfide) groups is 2. The standard InChI is InChI=1S/C22H19F3N2O5S.C21H18ClFN2O5S/c23-22(24,25)14-3-5-15(6-4-14)27-12-17(32-21(27)30)9-10-31-16-7-1-13(2-8-16)11-18-19(28)26-20(29)33-18;22-13-3-6-17(16(23)10-13)25-11-15(30-21(25)28)7-8-29-14-4-1-12(2-5-14)9-18-19(26)24-20(27)31-18/h1-8,17-18H,9-12H2,(H,26,28,29);1-6,10,15,18H,7-9,11H2,(H,24,26,27). The van der Waals surface area contributed by atoms with Crippen LogP contribution in [0, 0.1) is 5.82 Å². The van der Waals surface area contributed by atoms with Gasteiger partial charge in [0.1, 0.15) is 29.5 Å². The topological polar surface area (TPSA) is 170 Å². The summed E-state index contributed by atoms with van der Waals surface area (Å²) in [4.78, 5) is 72.5. The number of alkyl halides is 3.